The number of pyridine rings is 1. The van der Waals surface area contributed by atoms with Crippen LogP contribution < -0.4 is 5.73 Å². The van der Waals surface area contributed by atoms with Crippen molar-refractivity contribution >= 4 is 5.91 Å². The number of rotatable bonds is 5. The van der Waals surface area contributed by atoms with Crippen molar-refractivity contribution in [2.24, 2.45) is 5.73 Å². The van der Waals surface area contributed by atoms with Crippen LogP contribution in [-0.2, 0) is 13.0 Å². The number of benzene rings is 1. The lowest BCUT2D eigenvalue weighted by molar-refractivity contribution is 0.0782. The highest BCUT2D eigenvalue weighted by Crippen LogP contribution is 2.13. The van der Waals surface area contributed by atoms with E-state index >= 15 is 0 Å². The molecular formula is C17H21N3O. The van der Waals surface area contributed by atoms with Gasteiger partial charge in [-0.1, -0.05) is 24.3 Å². The average Bonchev–Trinajstić information content (AvgIpc) is 2.47. The Balaban J connectivity index is 2.16. The van der Waals surface area contributed by atoms with Gasteiger partial charge in [0.15, 0.2) is 0 Å². The molecule has 21 heavy (non-hydrogen) atoms. The molecule has 2 aromatic rings. The number of hydrogen-bond donors (Lipinski definition) is 1. The van der Waals surface area contributed by atoms with Gasteiger partial charge >= 0.3 is 0 Å². The Bertz CT molecular complexity index is 625. The van der Waals surface area contributed by atoms with Crippen molar-refractivity contribution in [2.45, 2.75) is 19.9 Å². The summed E-state index contributed by atoms with van der Waals surface area (Å²) >= 11 is 0. The maximum absolute atomic E-state index is 12.6. The SMILES string of the molecule is Cc1cccc(CN(C)C(=O)c2ccccc2CCN)n1. The molecule has 110 valence electrons. The van der Waals surface area contributed by atoms with E-state index in [0.29, 0.717) is 19.5 Å². The van der Waals surface area contributed by atoms with Crippen molar-refractivity contribution in [3.8, 4) is 0 Å². The summed E-state index contributed by atoms with van der Waals surface area (Å²) in [6.07, 6.45) is 0.707. The van der Waals surface area contributed by atoms with Crippen LogP contribution in [0.4, 0.5) is 0 Å². The fourth-order valence-corrected chi connectivity index (χ4v) is 2.31. The minimum absolute atomic E-state index is 0.00218. The monoisotopic (exact) mass is 283 g/mol. The van der Waals surface area contributed by atoms with Crippen molar-refractivity contribution < 1.29 is 4.79 Å². The Morgan fingerprint density at radius 2 is 1.95 bits per heavy atom. The fourth-order valence-electron chi connectivity index (χ4n) is 2.31. The van der Waals surface area contributed by atoms with Crippen LogP contribution in [0.2, 0.25) is 0 Å². The number of carbonyl (C=O) groups is 1. The number of hydrogen-bond acceptors (Lipinski definition) is 3. The number of aryl methyl sites for hydroxylation is 1. The van der Waals surface area contributed by atoms with Gasteiger partial charge < -0.3 is 10.6 Å². The zero-order chi connectivity index (χ0) is 15.2. The van der Waals surface area contributed by atoms with Crippen LogP contribution in [0.15, 0.2) is 42.5 Å². The molecule has 0 spiro atoms. The first-order valence-electron chi connectivity index (χ1n) is 7.08. The van der Waals surface area contributed by atoms with Crippen molar-refractivity contribution in [3.05, 3.63) is 65.0 Å². The molecule has 4 heteroatoms. The van der Waals surface area contributed by atoms with E-state index < -0.39 is 0 Å². The third kappa shape index (κ3) is 3.89. The molecule has 1 amide bonds. The van der Waals surface area contributed by atoms with E-state index in [9.17, 15) is 4.79 Å². The third-order valence-electron chi connectivity index (χ3n) is 3.35. The first kappa shape index (κ1) is 15.2. The lowest BCUT2D eigenvalue weighted by atomic mass is 10.0. The summed E-state index contributed by atoms with van der Waals surface area (Å²) < 4.78 is 0. The first-order valence-corrected chi connectivity index (χ1v) is 7.08. The van der Waals surface area contributed by atoms with E-state index in [1.165, 1.54) is 0 Å². The van der Waals surface area contributed by atoms with Gasteiger partial charge in [0.05, 0.1) is 12.2 Å². The van der Waals surface area contributed by atoms with E-state index in [1.54, 1.807) is 11.9 Å². The van der Waals surface area contributed by atoms with E-state index in [1.807, 2.05) is 49.4 Å². The molecule has 4 nitrogen and oxygen atoms in total. The second-order valence-electron chi connectivity index (χ2n) is 5.13. The van der Waals surface area contributed by atoms with Gasteiger partial charge in [0, 0.05) is 18.3 Å². The van der Waals surface area contributed by atoms with Crippen molar-refractivity contribution in [1.82, 2.24) is 9.88 Å². The molecule has 2 N–H and O–H groups in total. The number of aromatic nitrogens is 1. The largest absolute Gasteiger partial charge is 0.336 e. The molecule has 0 unspecified atom stereocenters. The predicted molar refractivity (Wildman–Crippen MR) is 84.0 cm³/mol. The van der Waals surface area contributed by atoms with Gasteiger partial charge in [-0.15, -0.1) is 0 Å². The lowest BCUT2D eigenvalue weighted by Gasteiger charge is -2.19. The van der Waals surface area contributed by atoms with Gasteiger partial charge in [0.2, 0.25) is 0 Å². The van der Waals surface area contributed by atoms with Gasteiger partial charge in [-0.2, -0.15) is 0 Å². The molecule has 0 fully saturated rings. The number of carbonyl (C=O) groups excluding carboxylic acids is 1. The molecule has 0 radical (unpaired) electrons. The van der Waals surface area contributed by atoms with Crippen LogP contribution in [0.5, 0.6) is 0 Å². The van der Waals surface area contributed by atoms with Crippen molar-refractivity contribution in [3.63, 3.8) is 0 Å². The molecule has 0 saturated carbocycles. The smallest absolute Gasteiger partial charge is 0.254 e. The highest BCUT2D eigenvalue weighted by Gasteiger charge is 2.15. The molecule has 0 bridgehead atoms. The molecule has 0 aliphatic carbocycles. The molecule has 0 atom stereocenters. The van der Waals surface area contributed by atoms with Gasteiger partial charge in [0.25, 0.3) is 5.91 Å². The topological polar surface area (TPSA) is 59.2 Å². The normalized spacial score (nSPS) is 10.4. The van der Waals surface area contributed by atoms with Gasteiger partial charge in [0.1, 0.15) is 0 Å². The summed E-state index contributed by atoms with van der Waals surface area (Å²) in [7, 11) is 1.80. The predicted octanol–water partition coefficient (Wildman–Crippen LogP) is 2.16. The number of nitrogens with zero attached hydrogens (tertiary/aromatic N) is 2. The van der Waals surface area contributed by atoms with Gasteiger partial charge in [-0.3, -0.25) is 9.78 Å². The molecule has 1 heterocycles. The molecular weight excluding hydrogens is 262 g/mol. The highest BCUT2D eigenvalue weighted by atomic mass is 16.2. The molecule has 1 aromatic heterocycles. The van der Waals surface area contributed by atoms with E-state index in [0.717, 1.165) is 22.5 Å². The second-order valence-corrected chi connectivity index (χ2v) is 5.13. The summed E-state index contributed by atoms with van der Waals surface area (Å²) in [5.74, 6) is 0.00218. The summed E-state index contributed by atoms with van der Waals surface area (Å²) in [6, 6.07) is 13.5. The average molecular weight is 283 g/mol. The van der Waals surface area contributed by atoms with E-state index in [4.69, 9.17) is 5.73 Å². The molecule has 0 aliphatic rings. The van der Waals surface area contributed by atoms with Crippen LogP contribution >= 0.6 is 0 Å². The molecule has 0 aliphatic heterocycles. The zero-order valence-corrected chi connectivity index (χ0v) is 12.5. The quantitative estimate of drug-likeness (QED) is 0.915. The Labute approximate surface area is 125 Å². The fraction of sp³-hybridized carbons (Fsp3) is 0.294. The van der Waals surface area contributed by atoms with Crippen LogP contribution in [0.3, 0.4) is 0 Å². The Morgan fingerprint density at radius 1 is 1.19 bits per heavy atom. The summed E-state index contributed by atoms with van der Waals surface area (Å²) in [6.45, 7) is 2.98. The van der Waals surface area contributed by atoms with Crippen LogP contribution in [0.25, 0.3) is 0 Å². The summed E-state index contributed by atoms with van der Waals surface area (Å²) in [5, 5.41) is 0. The van der Waals surface area contributed by atoms with Gasteiger partial charge in [-0.05, 0) is 43.7 Å². The maximum atomic E-state index is 12.6. The second kappa shape index (κ2) is 6.99. The summed E-state index contributed by atoms with van der Waals surface area (Å²) in [4.78, 5) is 18.7. The Kier molecular flexibility index (Phi) is 5.06. The Hall–Kier alpha value is -2.20. The number of nitrogens with two attached hydrogens (primary N) is 1. The van der Waals surface area contributed by atoms with Crippen LogP contribution in [0.1, 0.15) is 27.3 Å². The summed E-state index contributed by atoms with van der Waals surface area (Å²) in [5.41, 5.74) is 9.17. The van der Waals surface area contributed by atoms with Crippen molar-refractivity contribution in [2.75, 3.05) is 13.6 Å². The third-order valence-corrected chi connectivity index (χ3v) is 3.35. The van der Waals surface area contributed by atoms with Crippen LogP contribution in [-0.4, -0.2) is 29.4 Å². The van der Waals surface area contributed by atoms with Crippen molar-refractivity contribution in [1.29, 1.82) is 0 Å². The lowest BCUT2D eigenvalue weighted by Crippen LogP contribution is -2.28. The number of amides is 1. The minimum atomic E-state index is 0.00218. The van der Waals surface area contributed by atoms with Crippen LogP contribution in [0, 0.1) is 6.92 Å². The zero-order valence-electron chi connectivity index (χ0n) is 12.5. The van der Waals surface area contributed by atoms with Gasteiger partial charge in [-0.25, -0.2) is 0 Å². The maximum Gasteiger partial charge on any atom is 0.254 e. The molecule has 1 aromatic carbocycles. The molecule has 2 rings (SSSR count). The van der Waals surface area contributed by atoms with E-state index in [-0.39, 0.29) is 5.91 Å². The molecule has 0 saturated heterocycles. The minimum Gasteiger partial charge on any atom is -0.336 e. The standard InChI is InChI=1S/C17H21N3O/c1-13-6-5-8-15(19-13)12-20(2)17(21)16-9-4-3-7-14(16)10-11-18/h3-9H,10-12,18H2,1-2H3. The highest BCUT2D eigenvalue weighted by molar-refractivity contribution is 5.95. The first-order chi connectivity index (χ1) is 10.1. The van der Waals surface area contributed by atoms with E-state index in [2.05, 4.69) is 4.98 Å². The Morgan fingerprint density at radius 3 is 2.67 bits per heavy atom.